The molecule has 0 unspecified atom stereocenters. The van der Waals surface area contributed by atoms with Gasteiger partial charge in [-0.25, -0.2) is 4.98 Å². The molecule has 9 rings (SSSR count). The van der Waals surface area contributed by atoms with Crippen LogP contribution >= 0.6 is 0 Å². The Morgan fingerprint density at radius 3 is 2.22 bits per heavy atom. The van der Waals surface area contributed by atoms with Crippen molar-refractivity contribution < 1.29 is 9.47 Å². The van der Waals surface area contributed by atoms with Crippen LogP contribution in [-0.2, 0) is 5.41 Å². The van der Waals surface area contributed by atoms with Crippen molar-refractivity contribution in [1.29, 1.82) is 0 Å². The van der Waals surface area contributed by atoms with Crippen LogP contribution in [-0.4, -0.2) is 21.2 Å². The largest absolute Gasteiger partial charge is 0.458 e. The van der Waals surface area contributed by atoms with Crippen LogP contribution in [0, 0.1) is 13.8 Å². The van der Waals surface area contributed by atoms with E-state index in [0.717, 1.165) is 84.0 Å². The van der Waals surface area contributed by atoms with Crippen molar-refractivity contribution in [1.82, 2.24) is 14.5 Å². The normalized spacial score (nSPS) is 13.3. The number of aromatic nitrogens is 3. The van der Waals surface area contributed by atoms with Crippen molar-refractivity contribution >= 4 is 44.9 Å². The number of hydrogen-bond acceptors (Lipinski definition) is 4. The number of hydrogen-bond donors (Lipinski definition) is 0. The molecule has 0 atom stereocenters. The third kappa shape index (κ3) is 4.61. The summed E-state index contributed by atoms with van der Waals surface area (Å²) in [4.78, 5) is 9.79. The first-order valence-electron chi connectivity index (χ1n) is 17.2. The standard InChI is InChI=1S/C43H38BN3O2/c1-24(2)28-18-38-41-39(19-28)49-37-21-31-30-10-8-9-11-34(30)47(40-20-29(14-15-45-40)43(5,6)7)35(31)22-33(37)44(41)32-17-27(12-13-36(32)48-38)42-26(4)16-25(3)23-46-42/h8-24H,1-7H3. The zero-order chi connectivity index (χ0) is 33.8. The van der Waals surface area contributed by atoms with E-state index in [4.69, 9.17) is 19.4 Å². The van der Waals surface area contributed by atoms with Crippen LogP contribution < -0.4 is 25.9 Å². The van der Waals surface area contributed by atoms with Gasteiger partial charge < -0.3 is 9.47 Å². The number of rotatable bonds is 3. The van der Waals surface area contributed by atoms with E-state index in [1.54, 1.807) is 0 Å². The van der Waals surface area contributed by atoms with Gasteiger partial charge in [0.15, 0.2) is 0 Å². The lowest BCUT2D eigenvalue weighted by atomic mass is 9.34. The topological polar surface area (TPSA) is 49.2 Å². The minimum absolute atomic E-state index is 0.00736. The van der Waals surface area contributed by atoms with E-state index in [9.17, 15) is 0 Å². The highest BCUT2D eigenvalue weighted by molar-refractivity contribution is 6.98. The van der Waals surface area contributed by atoms with Gasteiger partial charge in [-0.1, -0.05) is 65.0 Å². The molecular formula is C43H38BN3O2. The van der Waals surface area contributed by atoms with Crippen LogP contribution in [0.15, 0.2) is 97.3 Å². The Hall–Kier alpha value is -5.36. The van der Waals surface area contributed by atoms with Crippen molar-refractivity contribution in [3.8, 4) is 40.1 Å². The number of aryl methyl sites for hydroxylation is 2. The molecule has 0 amide bonds. The minimum Gasteiger partial charge on any atom is -0.458 e. The summed E-state index contributed by atoms with van der Waals surface area (Å²) in [5.74, 6) is 4.70. The van der Waals surface area contributed by atoms with Crippen LogP contribution in [0.2, 0.25) is 0 Å². The van der Waals surface area contributed by atoms with Crippen molar-refractivity contribution in [2.24, 2.45) is 0 Å². The molecule has 49 heavy (non-hydrogen) atoms. The SMILES string of the molecule is Cc1cnc(-c2ccc3c(c2)B2c4cc5c(cc4Oc4cc(C(C)C)cc(c42)O3)c2ccccc2n5-c2cc(C(C)(C)C)ccn2)c(C)c1. The van der Waals surface area contributed by atoms with Crippen LogP contribution in [0.5, 0.6) is 23.0 Å². The second-order valence-corrected chi connectivity index (χ2v) is 15.1. The molecule has 0 aliphatic carbocycles. The number of benzene rings is 4. The zero-order valence-electron chi connectivity index (χ0n) is 29.1. The molecule has 0 fully saturated rings. The second kappa shape index (κ2) is 10.6. The maximum absolute atomic E-state index is 6.90. The van der Waals surface area contributed by atoms with Crippen LogP contribution in [0.3, 0.4) is 0 Å². The molecule has 2 aliphatic heterocycles. The molecule has 0 radical (unpaired) electrons. The van der Waals surface area contributed by atoms with Crippen LogP contribution in [0.1, 0.15) is 62.8 Å². The highest BCUT2D eigenvalue weighted by Crippen LogP contribution is 2.41. The van der Waals surface area contributed by atoms with Crippen LogP contribution in [0.25, 0.3) is 38.9 Å². The lowest BCUT2D eigenvalue weighted by Crippen LogP contribution is -2.57. The minimum atomic E-state index is -0.0888. The van der Waals surface area contributed by atoms with Gasteiger partial charge in [-0.3, -0.25) is 9.55 Å². The Balaban J connectivity index is 1.33. The lowest BCUT2D eigenvalue weighted by molar-refractivity contribution is 0.463. The predicted octanol–water partition coefficient (Wildman–Crippen LogP) is 9.01. The fourth-order valence-corrected chi connectivity index (χ4v) is 7.73. The molecule has 0 saturated heterocycles. The fraction of sp³-hybridized carbons (Fsp3) is 0.209. The first kappa shape index (κ1) is 29.8. The van der Waals surface area contributed by atoms with Gasteiger partial charge >= 0.3 is 0 Å². The summed E-state index contributed by atoms with van der Waals surface area (Å²) in [7, 11) is 0. The summed E-state index contributed by atoms with van der Waals surface area (Å²) >= 11 is 0. The molecule has 2 aliphatic rings. The monoisotopic (exact) mass is 639 g/mol. The molecule has 0 saturated carbocycles. The van der Waals surface area contributed by atoms with E-state index >= 15 is 0 Å². The molecule has 6 heteroatoms. The molecule has 5 heterocycles. The van der Waals surface area contributed by atoms with Gasteiger partial charge in [-0.05, 0) is 113 Å². The lowest BCUT2D eigenvalue weighted by Gasteiger charge is -2.34. The Morgan fingerprint density at radius 2 is 1.47 bits per heavy atom. The quantitative estimate of drug-likeness (QED) is 0.181. The zero-order valence-corrected chi connectivity index (χ0v) is 29.1. The van der Waals surface area contributed by atoms with Gasteiger partial charge in [0.2, 0.25) is 0 Å². The molecule has 240 valence electrons. The summed E-state index contributed by atoms with van der Waals surface area (Å²) in [6.07, 6.45) is 3.88. The van der Waals surface area contributed by atoms with Crippen molar-refractivity contribution in [3.05, 3.63) is 120 Å². The van der Waals surface area contributed by atoms with E-state index in [0.29, 0.717) is 5.92 Å². The third-order valence-corrected chi connectivity index (χ3v) is 10.3. The van der Waals surface area contributed by atoms with Gasteiger partial charge in [-0.2, -0.15) is 0 Å². The summed E-state index contributed by atoms with van der Waals surface area (Å²) < 4.78 is 15.9. The average molecular weight is 640 g/mol. The molecular weight excluding hydrogens is 601 g/mol. The van der Waals surface area contributed by atoms with Gasteiger partial charge in [0.25, 0.3) is 6.71 Å². The predicted molar refractivity (Wildman–Crippen MR) is 202 cm³/mol. The Bertz CT molecular complexity index is 2510. The summed E-state index contributed by atoms with van der Waals surface area (Å²) in [6, 6.07) is 30.7. The third-order valence-electron chi connectivity index (χ3n) is 10.3. The molecule has 7 aromatic rings. The van der Waals surface area contributed by atoms with Crippen molar-refractivity contribution in [2.75, 3.05) is 0 Å². The summed E-state index contributed by atoms with van der Waals surface area (Å²) in [6.45, 7) is 15.3. The van der Waals surface area contributed by atoms with E-state index in [1.807, 2.05) is 12.4 Å². The first-order chi connectivity index (χ1) is 23.5. The number of nitrogens with zero attached hydrogens (tertiary/aromatic N) is 3. The number of pyridine rings is 2. The van der Waals surface area contributed by atoms with Crippen molar-refractivity contribution in [3.63, 3.8) is 0 Å². The van der Waals surface area contributed by atoms with Gasteiger partial charge in [-0.15, -0.1) is 0 Å². The Kier molecular flexibility index (Phi) is 6.42. The molecule has 4 aromatic carbocycles. The van der Waals surface area contributed by atoms with Gasteiger partial charge in [0.1, 0.15) is 28.8 Å². The number of para-hydroxylation sites is 1. The summed E-state index contributed by atoms with van der Waals surface area (Å²) in [5.41, 5.74) is 12.3. The number of fused-ring (bicyclic) bond motifs is 7. The van der Waals surface area contributed by atoms with E-state index in [-0.39, 0.29) is 12.1 Å². The fourth-order valence-electron chi connectivity index (χ4n) is 7.73. The maximum atomic E-state index is 6.90. The smallest absolute Gasteiger partial charge is 0.260 e. The van der Waals surface area contributed by atoms with Gasteiger partial charge in [0.05, 0.1) is 16.7 Å². The molecule has 3 aromatic heterocycles. The first-order valence-corrected chi connectivity index (χ1v) is 17.2. The second-order valence-electron chi connectivity index (χ2n) is 15.1. The van der Waals surface area contributed by atoms with Crippen LogP contribution in [0.4, 0.5) is 0 Å². The van der Waals surface area contributed by atoms with Gasteiger partial charge in [0, 0.05) is 34.2 Å². The van der Waals surface area contributed by atoms with Crippen molar-refractivity contribution in [2.45, 2.75) is 59.8 Å². The molecule has 0 bridgehead atoms. The van der Waals surface area contributed by atoms with E-state index in [2.05, 4.69) is 138 Å². The Morgan fingerprint density at radius 1 is 0.714 bits per heavy atom. The molecule has 5 nitrogen and oxygen atoms in total. The summed E-state index contributed by atoms with van der Waals surface area (Å²) in [5, 5.41) is 2.31. The maximum Gasteiger partial charge on any atom is 0.260 e. The highest BCUT2D eigenvalue weighted by atomic mass is 16.5. The molecule has 0 spiro atoms. The van der Waals surface area contributed by atoms with E-state index < -0.39 is 0 Å². The average Bonchev–Trinajstić information content (AvgIpc) is 3.39. The molecule has 0 N–H and O–H groups in total. The number of ether oxygens (including phenoxy) is 2. The highest BCUT2D eigenvalue weighted by Gasteiger charge is 2.41. The Labute approximate surface area is 287 Å². The van der Waals surface area contributed by atoms with E-state index in [1.165, 1.54) is 16.5 Å².